The molecule has 1 aliphatic rings. The fourth-order valence-corrected chi connectivity index (χ4v) is 2.58. The van der Waals surface area contributed by atoms with Crippen molar-refractivity contribution in [3.63, 3.8) is 0 Å². The maximum absolute atomic E-state index is 6.03. The lowest BCUT2D eigenvalue weighted by Gasteiger charge is -2.17. The first-order valence-corrected chi connectivity index (χ1v) is 5.74. The van der Waals surface area contributed by atoms with Gasteiger partial charge in [0.1, 0.15) is 5.75 Å². The Kier molecular flexibility index (Phi) is 3.52. The van der Waals surface area contributed by atoms with Crippen LogP contribution in [0.1, 0.15) is 5.69 Å². The van der Waals surface area contributed by atoms with Crippen LogP contribution in [0.3, 0.4) is 0 Å². The van der Waals surface area contributed by atoms with Gasteiger partial charge in [0.05, 0.1) is 18.3 Å². The van der Waals surface area contributed by atoms with Crippen LogP contribution in [0.5, 0.6) is 5.75 Å². The second-order valence-electron chi connectivity index (χ2n) is 3.97. The number of aromatic nitrogens is 1. The minimum absolute atomic E-state index is 0. The summed E-state index contributed by atoms with van der Waals surface area (Å²) >= 11 is 6.03. The summed E-state index contributed by atoms with van der Waals surface area (Å²) in [5.41, 5.74) is 2.42. The van der Waals surface area contributed by atoms with Gasteiger partial charge in [-0.3, -0.25) is 0 Å². The molecule has 0 bridgehead atoms. The largest absolute Gasteiger partial charge is 0.494 e. The summed E-state index contributed by atoms with van der Waals surface area (Å²) < 4.78 is 7.81. The van der Waals surface area contributed by atoms with Gasteiger partial charge >= 0.3 is 0 Å². The van der Waals surface area contributed by atoms with Crippen LogP contribution < -0.4 is 10.1 Å². The minimum Gasteiger partial charge on any atom is -0.494 e. The molecule has 0 amide bonds. The molecule has 2 aromatic rings. The number of methoxy groups -OCH3 is 1. The number of halogens is 2. The highest BCUT2D eigenvalue weighted by Crippen LogP contribution is 2.35. The van der Waals surface area contributed by atoms with Crippen LogP contribution in [-0.2, 0) is 13.1 Å². The minimum atomic E-state index is 0. The Hall–Kier alpha value is -0.900. The highest BCUT2D eigenvalue weighted by molar-refractivity contribution is 6.31. The third-order valence-corrected chi connectivity index (χ3v) is 3.33. The van der Waals surface area contributed by atoms with Crippen LogP contribution in [0.4, 0.5) is 0 Å². The highest BCUT2D eigenvalue weighted by atomic mass is 35.5. The van der Waals surface area contributed by atoms with Gasteiger partial charge in [0.25, 0.3) is 0 Å². The van der Waals surface area contributed by atoms with Crippen LogP contribution >= 0.6 is 24.0 Å². The van der Waals surface area contributed by atoms with Gasteiger partial charge in [0.2, 0.25) is 0 Å². The lowest BCUT2D eigenvalue weighted by atomic mass is 10.2. The number of benzene rings is 1. The second-order valence-corrected chi connectivity index (χ2v) is 4.41. The number of nitrogens with zero attached hydrogens (tertiary/aromatic N) is 1. The Balaban J connectivity index is 0.00000108. The number of hydrogen-bond acceptors (Lipinski definition) is 2. The summed E-state index contributed by atoms with van der Waals surface area (Å²) in [6, 6.07) is 5.97. The zero-order chi connectivity index (χ0) is 11.1. The normalized spacial score (nSPS) is 14.2. The van der Waals surface area contributed by atoms with Gasteiger partial charge in [-0.25, -0.2) is 0 Å². The first-order valence-electron chi connectivity index (χ1n) is 5.36. The molecule has 1 N–H and O–H groups in total. The number of hydrogen-bond donors (Lipinski definition) is 1. The molecule has 0 spiro atoms. The predicted molar refractivity (Wildman–Crippen MR) is 72.5 cm³/mol. The van der Waals surface area contributed by atoms with E-state index in [1.807, 2.05) is 12.1 Å². The fourth-order valence-electron chi connectivity index (χ4n) is 2.41. The van der Waals surface area contributed by atoms with Gasteiger partial charge in [-0.2, -0.15) is 0 Å². The van der Waals surface area contributed by atoms with Crippen molar-refractivity contribution in [2.75, 3.05) is 13.7 Å². The van der Waals surface area contributed by atoms with Gasteiger partial charge in [-0.05, 0) is 18.2 Å². The monoisotopic (exact) mass is 272 g/mol. The van der Waals surface area contributed by atoms with Crippen molar-refractivity contribution in [3.05, 3.63) is 28.9 Å². The standard InChI is InChI=1S/C12H13ClN2O.ClH/c1-16-12-9-6-8(13)2-3-10(9)15-5-4-14-7-11(12)15;/h2-3,6,14H,4-5,7H2,1H3;1H. The van der Waals surface area contributed by atoms with Crippen molar-refractivity contribution >= 4 is 34.9 Å². The first kappa shape index (κ1) is 12.6. The van der Waals surface area contributed by atoms with Crippen molar-refractivity contribution < 1.29 is 4.74 Å². The molecule has 1 aromatic carbocycles. The average Bonchev–Trinajstić information content (AvgIpc) is 2.61. The van der Waals surface area contributed by atoms with E-state index in [2.05, 4.69) is 16.0 Å². The average molecular weight is 273 g/mol. The molecule has 0 saturated heterocycles. The Morgan fingerprint density at radius 1 is 1.41 bits per heavy atom. The van der Waals surface area contributed by atoms with Gasteiger partial charge < -0.3 is 14.6 Å². The molecule has 5 heteroatoms. The van der Waals surface area contributed by atoms with Crippen LogP contribution in [0.15, 0.2) is 18.2 Å². The smallest absolute Gasteiger partial charge is 0.148 e. The van der Waals surface area contributed by atoms with Crippen molar-refractivity contribution in [2.24, 2.45) is 0 Å². The summed E-state index contributed by atoms with van der Waals surface area (Å²) in [6.45, 7) is 2.84. The number of ether oxygens (including phenoxy) is 1. The topological polar surface area (TPSA) is 26.2 Å². The maximum atomic E-state index is 6.03. The quantitative estimate of drug-likeness (QED) is 0.864. The first-order chi connectivity index (χ1) is 7.81. The van der Waals surface area contributed by atoms with E-state index in [0.717, 1.165) is 35.8 Å². The van der Waals surface area contributed by atoms with E-state index >= 15 is 0 Å². The molecule has 1 aliphatic heterocycles. The molecular formula is C12H14Cl2N2O. The van der Waals surface area contributed by atoms with E-state index in [1.165, 1.54) is 11.2 Å². The number of rotatable bonds is 1. The van der Waals surface area contributed by atoms with Crippen LogP contribution in [0.25, 0.3) is 10.9 Å². The summed E-state index contributed by atoms with van der Waals surface area (Å²) in [4.78, 5) is 0. The predicted octanol–water partition coefficient (Wildman–Crippen LogP) is 2.83. The Labute approximate surface area is 111 Å². The molecule has 0 fully saturated rings. The molecule has 0 radical (unpaired) electrons. The van der Waals surface area contributed by atoms with Gasteiger partial charge in [-0.15, -0.1) is 12.4 Å². The number of fused-ring (bicyclic) bond motifs is 3. The Morgan fingerprint density at radius 3 is 3.00 bits per heavy atom. The molecule has 3 rings (SSSR count). The molecule has 3 nitrogen and oxygen atoms in total. The third kappa shape index (κ3) is 1.88. The van der Waals surface area contributed by atoms with Crippen LogP contribution in [0.2, 0.25) is 5.02 Å². The molecule has 1 aromatic heterocycles. The number of nitrogens with one attached hydrogen (secondary N) is 1. The van der Waals surface area contributed by atoms with Crippen molar-refractivity contribution in [2.45, 2.75) is 13.1 Å². The Bertz CT molecular complexity index is 551. The molecule has 0 unspecified atom stereocenters. The van der Waals surface area contributed by atoms with E-state index in [-0.39, 0.29) is 12.4 Å². The molecule has 17 heavy (non-hydrogen) atoms. The lowest BCUT2D eigenvalue weighted by Crippen LogP contribution is -2.27. The van der Waals surface area contributed by atoms with Gasteiger partial charge in [-0.1, -0.05) is 11.6 Å². The zero-order valence-corrected chi connectivity index (χ0v) is 11.1. The van der Waals surface area contributed by atoms with Crippen LogP contribution in [-0.4, -0.2) is 18.2 Å². The SMILES string of the molecule is COc1c2n(c3ccc(Cl)cc13)CCNC2.Cl. The summed E-state index contributed by atoms with van der Waals surface area (Å²) in [5.74, 6) is 0.949. The fraction of sp³-hybridized carbons (Fsp3) is 0.333. The van der Waals surface area contributed by atoms with E-state index in [1.54, 1.807) is 7.11 Å². The maximum Gasteiger partial charge on any atom is 0.148 e. The molecular weight excluding hydrogens is 259 g/mol. The summed E-state index contributed by atoms with van der Waals surface area (Å²) in [6.07, 6.45) is 0. The molecule has 0 saturated carbocycles. The van der Waals surface area contributed by atoms with E-state index < -0.39 is 0 Å². The van der Waals surface area contributed by atoms with Crippen molar-refractivity contribution in [1.82, 2.24) is 9.88 Å². The Morgan fingerprint density at radius 2 is 2.24 bits per heavy atom. The molecule has 92 valence electrons. The summed E-state index contributed by atoms with van der Waals surface area (Å²) in [7, 11) is 1.71. The molecule has 2 heterocycles. The van der Waals surface area contributed by atoms with Crippen molar-refractivity contribution in [3.8, 4) is 5.75 Å². The summed E-state index contributed by atoms with van der Waals surface area (Å²) in [5, 5.41) is 5.21. The van der Waals surface area contributed by atoms with Gasteiger partial charge in [0.15, 0.2) is 0 Å². The zero-order valence-electron chi connectivity index (χ0n) is 9.50. The highest BCUT2D eigenvalue weighted by Gasteiger charge is 2.19. The second kappa shape index (κ2) is 4.77. The van der Waals surface area contributed by atoms with E-state index in [4.69, 9.17) is 16.3 Å². The van der Waals surface area contributed by atoms with E-state index in [9.17, 15) is 0 Å². The van der Waals surface area contributed by atoms with Crippen molar-refractivity contribution in [1.29, 1.82) is 0 Å². The van der Waals surface area contributed by atoms with Gasteiger partial charge in [0, 0.05) is 30.0 Å². The molecule has 0 aliphatic carbocycles. The molecule has 0 atom stereocenters. The lowest BCUT2D eigenvalue weighted by molar-refractivity contribution is 0.401. The third-order valence-electron chi connectivity index (χ3n) is 3.09. The van der Waals surface area contributed by atoms with E-state index in [0.29, 0.717) is 0 Å². The van der Waals surface area contributed by atoms with Crippen LogP contribution in [0, 0.1) is 0 Å².